The minimum Gasteiger partial charge on any atom is -0.460 e. The van der Waals surface area contributed by atoms with Gasteiger partial charge in [-0.3, -0.25) is 4.79 Å². The zero-order valence-corrected chi connectivity index (χ0v) is 11.9. The van der Waals surface area contributed by atoms with Crippen LogP contribution < -0.4 is 0 Å². The Bertz CT molecular complexity index is 388. The second kappa shape index (κ2) is 5.29. The summed E-state index contributed by atoms with van der Waals surface area (Å²) in [7, 11) is 0. The molecule has 0 amide bonds. The molecule has 0 spiro atoms. The Kier molecular flexibility index (Phi) is 3.94. The zero-order chi connectivity index (χ0) is 13.3. The number of rotatable bonds is 2. The van der Waals surface area contributed by atoms with Crippen molar-refractivity contribution < 1.29 is 9.53 Å². The second-order valence-electron chi connectivity index (χ2n) is 6.18. The fraction of sp³-hybridized carbons (Fsp3) is 0.688. The molecular weight excluding hydrogens is 224 g/mol. The molecule has 0 aromatic carbocycles. The molecule has 0 aromatic heterocycles. The summed E-state index contributed by atoms with van der Waals surface area (Å²) in [5.41, 5.74) is 4.54. The summed E-state index contributed by atoms with van der Waals surface area (Å²) in [4.78, 5) is 10.5. The lowest BCUT2D eigenvalue weighted by molar-refractivity contribution is -0.132. The summed E-state index contributed by atoms with van der Waals surface area (Å²) in [6.07, 6.45) is 5.55. The molecule has 0 radical (unpaired) electrons. The maximum atomic E-state index is 10.5. The molecule has 4 unspecified atom stereocenters. The third-order valence-electron chi connectivity index (χ3n) is 4.77. The SMILES string of the molecule is CC1=CC(OC=O)CC(C)C2CC(=C(C)C)CC12. The van der Waals surface area contributed by atoms with Crippen LogP contribution in [0.3, 0.4) is 0 Å². The Hall–Kier alpha value is -1.05. The van der Waals surface area contributed by atoms with E-state index < -0.39 is 0 Å². The van der Waals surface area contributed by atoms with Crippen molar-refractivity contribution in [2.75, 3.05) is 0 Å². The minimum atomic E-state index is -0.0155. The minimum absolute atomic E-state index is 0.0155. The van der Waals surface area contributed by atoms with E-state index in [9.17, 15) is 4.79 Å². The van der Waals surface area contributed by atoms with Crippen LogP contribution >= 0.6 is 0 Å². The van der Waals surface area contributed by atoms with E-state index in [-0.39, 0.29) is 6.10 Å². The molecule has 2 aliphatic carbocycles. The first-order valence-corrected chi connectivity index (χ1v) is 6.95. The highest BCUT2D eigenvalue weighted by molar-refractivity contribution is 5.38. The Labute approximate surface area is 110 Å². The summed E-state index contributed by atoms with van der Waals surface area (Å²) in [6, 6.07) is 0. The molecule has 2 aliphatic rings. The van der Waals surface area contributed by atoms with Crippen LogP contribution in [0, 0.1) is 17.8 Å². The van der Waals surface area contributed by atoms with Crippen LogP contribution in [0.4, 0.5) is 0 Å². The maximum Gasteiger partial charge on any atom is 0.293 e. The van der Waals surface area contributed by atoms with Gasteiger partial charge in [0.2, 0.25) is 0 Å². The Morgan fingerprint density at radius 2 is 2.11 bits per heavy atom. The third-order valence-corrected chi connectivity index (χ3v) is 4.77. The summed E-state index contributed by atoms with van der Waals surface area (Å²) in [5.74, 6) is 2.00. The number of ether oxygens (including phenoxy) is 1. The maximum absolute atomic E-state index is 10.5. The molecule has 0 N–H and O–H groups in total. The first-order valence-electron chi connectivity index (χ1n) is 6.95. The van der Waals surface area contributed by atoms with Gasteiger partial charge >= 0.3 is 0 Å². The van der Waals surface area contributed by atoms with Gasteiger partial charge in [0.15, 0.2) is 0 Å². The fourth-order valence-electron chi connectivity index (χ4n) is 3.62. The zero-order valence-electron chi connectivity index (χ0n) is 11.9. The van der Waals surface area contributed by atoms with Gasteiger partial charge in [-0.05, 0) is 63.9 Å². The molecule has 0 saturated heterocycles. The van der Waals surface area contributed by atoms with Gasteiger partial charge in [-0.25, -0.2) is 0 Å². The molecular formula is C16H24O2. The average Bonchev–Trinajstić information content (AvgIpc) is 2.70. The van der Waals surface area contributed by atoms with Gasteiger partial charge < -0.3 is 4.74 Å². The topological polar surface area (TPSA) is 26.3 Å². The van der Waals surface area contributed by atoms with E-state index in [0.717, 1.165) is 12.3 Å². The summed E-state index contributed by atoms with van der Waals surface area (Å²) >= 11 is 0. The molecule has 0 aromatic rings. The monoisotopic (exact) mass is 248 g/mol. The van der Waals surface area contributed by atoms with E-state index in [2.05, 4.69) is 33.8 Å². The van der Waals surface area contributed by atoms with E-state index in [0.29, 0.717) is 18.3 Å². The lowest BCUT2D eigenvalue weighted by Crippen LogP contribution is -2.18. The van der Waals surface area contributed by atoms with Crippen LogP contribution in [-0.4, -0.2) is 12.6 Å². The molecule has 0 bridgehead atoms. The van der Waals surface area contributed by atoms with E-state index in [1.165, 1.54) is 24.0 Å². The lowest BCUT2D eigenvalue weighted by Gasteiger charge is -2.23. The van der Waals surface area contributed by atoms with Crippen LogP contribution in [0.1, 0.15) is 47.0 Å². The van der Waals surface area contributed by atoms with Crippen LogP contribution in [0.2, 0.25) is 0 Å². The highest BCUT2D eigenvalue weighted by atomic mass is 16.5. The highest BCUT2D eigenvalue weighted by Gasteiger charge is 2.38. The fourth-order valence-corrected chi connectivity index (χ4v) is 3.62. The van der Waals surface area contributed by atoms with Gasteiger partial charge in [-0.2, -0.15) is 0 Å². The normalized spacial score (nSPS) is 35.6. The van der Waals surface area contributed by atoms with E-state index in [4.69, 9.17) is 4.74 Å². The van der Waals surface area contributed by atoms with Crippen LogP contribution in [-0.2, 0) is 9.53 Å². The van der Waals surface area contributed by atoms with Gasteiger partial charge in [-0.15, -0.1) is 0 Å². The molecule has 4 atom stereocenters. The Morgan fingerprint density at radius 1 is 1.39 bits per heavy atom. The first-order chi connectivity index (χ1) is 8.52. The number of fused-ring (bicyclic) bond motifs is 1. The molecule has 2 heteroatoms. The Balaban J connectivity index is 2.24. The number of carbonyl (C=O) groups excluding carboxylic acids is 1. The van der Waals surface area contributed by atoms with Crippen molar-refractivity contribution in [2.45, 2.75) is 53.1 Å². The average molecular weight is 248 g/mol. The molecule has 2 rings (SSSR count). The van der Waals surface area contributed by atoms with Crippen LogP contribution in [0.5, 0.6) is 0 Å². The van der Waals surface area contributed by atoms with Gasteiger partial charge in [0, 0.05) is 0 Å². The van der Waals surface area contributed by atoms with E-state index in [1.807, 2.05) is 0 Å². The van der Waals surface area contributed by atoms with Crippen molar-refractivity contribution >= 4 is 6.47 Å². The van der Waals surface area contributed by atoms with Gasteiger partial charge in [0.25, 0.3) is 6.47 Å². The van der Waals surface area contributed by atoms with Crippen molar-refractivity contribution in [3.63, 3.8) is 0 Å². The van der Waals surface area contributed by atoms with Crippen molar-refractivity contribution in [1.82, 2.24) is 0 Å². The second-order valence-corrected chi connectivity index (χ2v) is 6.18. The van der Waals surface area contributed by atoms with Crippen molar-refractivity contribution in [3.05, 3.63) is 22.8 Å². The summed E-state index contributed by atoms with van der Waals surface area (Å²) in [6.45, 7) is 9.54. The third kappa shape index (κ3) is 2.52. The van der Waals surface area contributed by atoms with Gasteiger partial charge in [-0.1, -0.05) is 23.6 Å². The number of hydrogen-bond donors (Lipinski definition) is 0. The summed E-state index contributed by atoms with van der Waals surface area (Å²) in [5, 5.41) is 0. The van der Waals surface area contributed by atoms with Crippen molar-refractivity contribution in [1.29, 1.82) is 0 Å². The van der Waals surface area contributed by atoms with Crippen LogP contribution in [0.25, 0.3) is 0 Å². The van der Waals surface area contributed by atoms with E-state index in [1.54, 1.807) is 5.57 Å². The number of allylic oxidation sites excluding steroid dienone is 3. The van der Waals surface area contributed by atoms with E-state index >= 15 is 0 Å². The molecule has 2 nitrogen and oxygen atoms in total. The predicted octanol–water partition coefficient (Wildman–Crippen LogP) is 3.88. The number of carbonyl (C=O) groups is 1. The van der Waals surface area contributed by atoms with Crippen molar-refractivity contribution in [2.24, 2.45) is 17.8 Å². The predicted molar refractivity (Wildman–Crippen MR) is 73.1 cm³/mol. The molecule has 1 saturated carbocycles. The first kappa shape index (κ1) is 13.4. The van der Waals surface area contributed by atoms with Crippen molar-refractivity contribution in [3.8, 4) is 0 Å². The van der Waals surface area contributed by atoms with Gasteiger partial charge in [0.05, 0.1) is 0 Å². The van der Waals surface area contributed by atoms with Crippen LogP contribution in [0.15, 0.2) is 22.8 Å². The Morgan fingerprint density at radius 3 is 2.72 bits per heavy atom. The quantitative estimate of drug-likeness (QED) is 0.547. The molecule has 0 heterocycles. The molecule has 100 valence electrons. The largest absolute Gasteiger partial charge is 0.460 e. The van der Waals surface area contributed by atoms with Gasteiger partial charge in [0.1, 0.15) is 6.10 Å². The highest BCUT2D eigenvalue weighted by Crippen LogP contribution is 2.48. The summed E-state index contributed by atoms with van der Waals surface area (Å²) < 4.78 is 5.17. The standard InChI is InChI=1S/C16H24O2/c1-10(2)13-7-15-11(3)5-14(18-9-17)6-12(4)16(15)8-13/h5,9,12,14-16H,6-8H2,1-4H3. The smallest absolute Gasteiger partial charge is 0.293 e. The molecule has 1 fully saturated rings. The molecule has 0 aliphatic heterocycles. The molecule has 18 heavy (non-hydrogen) atoms. The number of hydrogen-bond acceptors (Lipinski definition) is 2. The lowest BCUT2D eigenvalue weighted by atomic mass is 9.82.